The molecule has 0 fully saturated rings. The second-order valence-corrected chi connectivity index (χ2v) is 5.55. The highest BCUT2D eigenvalue weighted by Gasteiger charge is 2.35. The van der Waals surface area contributed by atoms with Crippen molar-refractivity contribution in [1.82, 2.24) is 4.98 Å². The van der Waals surface area contributed by atoms with E-state index >= 15 is 0 Å². The number of halogens is 3. The quantitative estimate of drug-likeness (QED) is 0.938. The van der Waals surface area contributed by atoms with Crippen molar-refractivity contribution in [3.8, 4) is 0 Å². The number of nitrogens with zero attached hydrogens (tertiary/aromatic N) is 2. The fourth-order valence-electron chi connectivity index (χ4n) is 2.77. The molecule has 1 atom stereocenters. The Morgan fingerprint density at radius 3 is 2.62 bits per heavy atom. The zero-order valence-corrected chi connectivity index (χ0v) is 12.5. The summed E-state index contributed by atoms with van der Waals surface area (Å²) in [7, 11) is 0. The highest BCUT2D eigenvalue weighted by Crippen LogP contribution is 2.36. The van der Waals surface area contributed by atoms with Gasteiger partial charge in [0, 0.05) is 17.5 Å². The summed E-state index contributed by atoms with van der Waals surface area (Å²) in [5.74, 6) is -1.32. The SMILES string of the molecule is NC1=NC(=O)C(CCc2ccccn2)c2cc(C(F)(F)F)ccc21. The Morgan fingerprint density at radius 2 is 1.96 bits per heavy atom. The molecule has 4 nitrogen and oxygen atoms in total. The molecular weight excluding hydrogens is 319 g/mol. The Morgan fingerprint density at radius 1 is 1.17 bits per heavy atom. The Hall–Kier alpha value is -2.70. The van der Waals surface area contributed by atoms with Crippen molar-refractivity contribution in [3.63, 3.8) is 0 Å². The lowest BCUT2D eigenvalue weighted by atomic mass is 9.85. The van der Waals surface area contributed by atoms with Crippen LogP contribution in [0.3, 0.4) is 0 Å². The van der Waals surface area contributed by atoms with Gasteiger partial charge in [0.1, 0.15) is 5.84 Å². The second-order valence-electron chi connectivity index (χ2n) is 5.55. The Kier molecular flexibility index (Phi) is 4.09. The molecule has 7 heteroatoms. The Labute approximate surface area is 136 Å². The first kappa shape index (κ1) is 16.2. The number of carbonyl (C=O) groups is 1. The summed E-state index contributed by atoms with van der Waals surface area (Å²) >= 11 is 0. The number of hydrogen-bond acceptors (Lipinski definition) is 3. The van der Waals surface area contributed by atoms with E-state index in [1.807, 2.05) is 6.07 Å². The van der Waals surface area contributed by atoms with Crippen molar-refractivity contribution in [2.75, 3.05) is 0 Å². The topological polar surface area (TPSA) is 68.3 Å². The van der Waals surface area contributed by atoms with Gasteiger partial charge in [-0.1, -0.05) is 12.1 Å². The Balaban J connectivity index is 1.94. The van der Waals surface area contributed by atoms with Gasteiger partial charge in [-0.25, -0.2) is 0 Å². The molecule has 3 rings (SSSR count). The lowest BCUT2D eigenvalue weighted by Crippen LogP contribution is -2.28. The van der Waals surface area contributed by atoms with Crippen LogP contribution in [0.25, 0.3) is 0 Å². The molecule has 0 saturated heterocycles. The first-order chi connectivity index (χ1) is 11.4. The van der Waals surface area contributed by atoms with Gasteiger partial charge in [-0.2, -0.15) is 18.2 Å². The fraction of sp³-hybridized carbons (Fsp3) is 0.235. The number of pyridine rings is 1. The second kappa shape index (κ2) is 6.07. The zero-order valence-electron chi connectivity index (χ0n) is 12.5. The van der Waals surface area contributed by atoms with Crippen LogP contribution in [0, 0.1) is 0 Å². The maximum Gasteiger partial charge on any atom is 0.416 e. The highest BCUT2D eigenvalue weighted by atomic mass is 19.4. The average molecular weight is 333 g/mol. The minimum absolute atomic E-state index is 0.0437. The summed E-state index contributed by atoms with van der Waals surface area (Å²) in [4.78, 5) is 20.1. The number of aromatic nitrogens is 1. The molecule has 1 aliphatic heterocycles. The van der Waals surface area contributed by atoms with Crippen LogP contribution < -0.4 is 5.73 Å². The van der Waals surface area contributed by atoms with Crippen molar-refractivity contribution >= 4 is 11.7 Å². The van der Waals surface area contributed by atoms with Crippen molar-refractivity contribution in [1.29, 1.82) is 0 Å². The number of alkyl halides is 3. The maximum absolute atomic E-state index is 13.0. The lowest BCUT2D eigenvalue weighted by Gasteiger charge is -2.23. The number of aliphatic imine (C=N–C) groups is 1. The summed E-state index contributed by atoms with van der Waals surface area (Å²) in [6.45, 7) is 0. The third-order valence-electron chi connectivity index (χ3n) is 3.97. The molecule has 0 spiro atoms. The molecule has 0 aliphatic carbocycles. The van der Waals surface area contributed by atoms with Crippen molar-refractivity contribution in [3.05, 3.63) is 65.0 Å². The monoisotopic (exact) mass is 333 g/mol. The summed E-state index contributed by atoms with van der Waals surface area (Å²) in [6, 6.07) is 8.61. The van der Waals surface area contributed by atoms with E-state index in [9.17, 15) is 18.0 Å². The van der Waals surface area contributed by atoms with E-state index in [1.165, 1.54) is 6.07 Å². The molecule has 1 aliphatic rings. The summed E-state index contributed by atoms with van der Waals surface area (Å²) in [6.07, 6.45) is -2.07. The number of benzene rings is 1. The molecule has 24 heavy (non-hydrogen) atoms. The van der Waals surface area contributed by atoms with Gasteiger partial charge >= 0.3 is 6.18 Å². The van der Waals surface area contributed by atoms with Gasteiger partial charge < -0.3 is 5.73 Å². The smallest absolute Gasteiger partial charge is 0.383 e. The molecule has 0 saturated carbocycles. The molecule has 2 N–H and O–H groups in total. The van der Waals surface area contributed by atoms with E-state index in [2.05, 4.69) is 9.98 Å². The highest BCUT2D eigenvalue weighted by molar-refractivity contribution is 6.10. The molecule has 0 radical (unpaired) electrons. The van der Waals surface area contributed by atoms with Crippen molar-refractivity contribution in [2.45, 2.75) is 24.9 Å². The number of fused-ring (bicyclic) bond motifs is 1. The number of amidine groups is 1. The van der Waals surface area contributed by atoms with Gasteiger partial charge in [0.15, 0.2) is 0 Å². The summed E-state index contributed by atoms with van der Waals surface area (Å²) in [5, 5.41) is 0. The zero-order chi connectivity index (χ0) is 17.3. The summed E-state index contributed by atoms with van der Waals surface area (Å²) < 4.78 is 38.9. The first-order valence-electron chi connectivity index (χ1n) is 7.35. The van der Waals surface area contributed by atoms with E-state index < -0.39 is 23.6 Å². The number of amides is 1. The molecule has 1 amide bonds. The van der Waals surface area contributed by atoms with Crippen LogP contribution in [0.15, 0.2) is 47.6 Å². The minimum Gasteiger partial charge on any atom is -0.383 e. The number of rotatable bonds is 3. The Bertz CT molecular complexity index is 800. The normalized spacial score (nSPS) is 17.4. The van der Waals surface area contributed by atoms with E-state index in [4.69, 9.17) is 5.73 Å². The lowest BCUT2D eigenvalue weighted by molar-refractivity contribution is -0.137. The van der Waals surface area contributed by atoms with Gasteiger partial charge in [0.05, 0.1) is 11.5 Å². The molecule has 1 unspecified atom stereocenters. The van der Waals surface area contributed by atoms with Crippen molar-refractivity contribution in [2.24, 2.45) is 10.7 Å². The molecule has 0 bridgehead atoms. The predicted molar refractivity (Wildman–Crippen MR) is 82.5 cm³/mol. The molecule has 1 aromatic heterocycles. The number of aryl methyl sites for hydroxylation is 1. The van der Waals surface area contributed by atoms with Crippen LogP contribution >= 0.6 is 0 Å². The van der Waals surface area contributed by atoms with E-state index in [0.29, 0.717) is 18.4 Å². The largest absolute Gasteiger partial charge is 0.416 e. The van der Waals surface area contributed by atoms with Gasteiger partial charge in [-0.05, 0) is 42.7 Å². The van der Waals surface area contributed by atoms with E-state index in [0.717, 1.165) is 17.8 Å². The number of carbonyl (C=O) groups excluding carboxylic acids is 1. The van der Waals surface area contributed by atoms with Gasteiger partial charge in [0.2, 0.25) is 0 Å². The van der Waals surface area contributed by atoms with Crippen LogP contribution in [0.4, 0.5) is 13.2 Å². The van der Waals surface area contributed by atoms with Crippen LogP contribution in [0.1, 0.15) is 34.7 Å². The van der Waals surface area contributed by atoms with Crippen molar-refractivity contribution < 1.29 is 18.0 Å². The molecule has 2 aromatic rings. The van der Waals surface area contributed by atoms with Crippen LogP contribution in [-0.2, 0) is 17.4 Å². The molecule has 124 valence electrons. The van der Waals surface area contributed by atoms with Gasteiger partial charge in [0.25, 0.3) is 5.91 Å². The van der Waals surface area contributed by atoms with Crippen LogP contribution in [0.2, 0.25) is 0 Å². The standard InChI is InChI=1S/C17H14F3N3O/c18-17(19,20)10-4-6-12-14(9-10)13(16(24)23-15(12)21)7-5-11-3-1-2-8-22-11/h1-4,6,8-9,13H,5,7H2,(H2,21,23,24). The van der Waals surface area contributed by atoms with E-state index in [-0.39, 0.29) is 11.4 Å². The van der Waals surface area contributed by atoms with Gasteiger partial charge in [-0.3, -0.25) is 9.78 Å². The summed E-state index contributed by atoms with van der Waals surface area (Å²) in [5.41, 5.74) is 6.33. The van der Waals surface area contributed by atoms with Gasteiger partial charge in [-0.15, -0.1) is 0 Å². The third-order valence-corrected chi connectivity index (χ3v) is 3.97. The first-order valence-corrected chi connectivity index (χ1v) is 7.35. The third kappa shape index (κ3) is 3.15. The molecule has 1 aromatic carbocycles. The van der Waals surface area contributed by atoms with E-state index in [1.54, 1.807) is 18.3 Å². The fourth-order valence-corrected chi connectivity index (χ4v) is 2.77. The average Bonchev–Trinajstić information content (AvgIpc) is 2.54. The predicted octanol–water partition coefficient (Wildman–Crippen LogP) is 3.06. The minimum atomic E-state index is -4.48. The number of hydrogen-bond donors (Lipinski definition) is 1. The molecular formula is C17H14F3N3O. The number of nitrogens with two attached hydrogens (primary N) is 1. The van der Waals surface area contributed by atoms with Crippen LogP contribution in [0.5, 0.6) is 0 Å². The molecule has 2 heterocycles. The maximum atomic E-state index is 13.0. The van der Waals surface area contributed by atoms with Crippen LogP contribution in [-0.4, -0.2) is 16.7 Å².